The fraction of sp³-hybridized carbons (Fsp3) is 0.185. The molecule has 174 valence electrons. The second-order valence-corrected chi connectivity index (χ2v) is 8.43. The summed E-state index contributed by atoms with van der Waals surface area (Å²) < 4.78 is 18.6. The Bertz CT molecular complexity index is 1350. The number of hydrogen-bond donors (Lipinski definition) is 2. The van der Waals surface area contributed by atoms with Gasteiger partial charge in [0.15, 0.2) is 5.11 Å². The zero-order valence-corrected chi connectivity index (χ0v) is 19.9. The third-order valence-corrected chi connectivity index (χ3v) is 6.03. The number of nitrogens with one attached hydrogen (secondary N) is 2. The van der Waals surface area contributed by atoms with E-state index in [4.69, 9.17) is 17.0 Å². The quantitative estimate of drug-likeness (QED) is 0.339. The van der Waals surface area contributed by atoms with Crippen LogP contribution in [0.4, 0.5) is 10.1 Å². The molecule has 1 aromatic heterocycles. The van der Waals surface area contributed by atoms with Gasteiger partial charge in [0.05, 0.1) is 13.7 Å². The molecule has 4 aromatic rings. The van der Waals surface area contributed by atoms with Crippen LogP contribution in [-0.2, 0) is 19.5 Å². The molecule has 7 heteroatoms. The summed E-state index contributed by atoms with van der Waals surface area (Å²) >= 11 is 5.72. The minimum absolute atomic E-state index is 0.159. The normalized spacial score (nSPS) is 10.8. The van der Waals surface area contributed by atoms with Gasteiger partial charge in [-0.3, -0.25) is 4.79 Å². The lowest BCUT2D eigenvalue weighted by atomic mass is 10.1. The van der Waals surface area contributed by atoms with E-state index < -0.39 is 0 Å². The highest BCUT2D eigenvalue weighted by Crippen LogP contribution is 2.19. The fourth-order valence-electron chi connectivity index (χ4n) is 3.73. The average Bonchev–Trinajstić information content (AvgIpc) is 2.85. The van der Waals surface area contributed by atoms with Crippen LogP contribution in [0.5, 0.6) is 5.75 Å². The van der Waals surface area contributed by atoms with Crippen molar-refractivity contribution in [2.75, 3.05) is 12.4 Å². The average molecular weight is 476 g/mol. The molecule has 0 radical (unpaired) electrons. The molecule has 0 saturated heterocycles. The highest BCUT2D eigenvalue weighted by atomic mass is 32.1. The van der Waals surface area contributed by atoms with Gasteiger partial charge in [0.25, 0.3) is 5.56 Å². The number of rotatable bonds is 7. The van der Waals surface area contributed by atoms with E-state index in [1.54, 1.807) is 19.2 Å². The van der Waals surface area contributed by atoms with E-state index in [1.807, 2.05) is 47.4 Å². The largest absolute Gasteiger partial charge is 0.497 e. The molecule has 0 aliphatic rings. The first kappa shape index (κ1) is 23.4. The van der Waals surface area contributed by atoms with E-state index in [9.17, 15) is 9.18 Å². The standard InChI is InChI=1S/C27H26FN3O2S/c1-3-18-6-13-25-20(14-18)15-21(26(32)30-25)17-31(16-19-4-7-22(28)8-5-19)27(34)29-23-9-11-24(33-2)12-10-23/h4-15H,3,16-17H2,1-2H3,(H,29,34)(H,30,32). The van der Waals surface area contributed by atoms with Crippen molar-refractivity contribution < 1.29 is 9.13 Å². The summed E-state index contributed by atoms with van der Waals surface area (Å²) in [6.45, 7) is 2.80. The van der Waals surface area contributed by atoms with Crippen molar-refractivity contribution in [1.82, 2.24) is 9.88 Å². The lowest BCUT2D eigenvalue weighted by Crippen LogP contribution is -2.35. The number of thiocarbonyl (C=S) groups is 1. The van der Waals surface area contributed by atoms with Crippen molar-refractivity contribution in [2.45, 2.75) is 26.4 Å². The smallest absolute Gasteiger partial charge is 0.253 e. The molecule has 0 saturated carbocycles. The van der Waals surface area contributed by atoms with Gasteiger partial charge in [-0.2, -0.15) is 0 Å². The molecule has 0 atom stereocenters. The number of halogens is 1. The van der Waals surface area contributed by atoms with Crippen molar-refractivity contribution in [3.8, 4) is 5.75 Å². The van der Waals surface area contributed by atoms with E-state index in [0.717, 1.165) is 34.3 Å². The second-order valence-electron chi connectivity index (χ2n) is 8.04. The molecule has 0 aliphatic carbocycles. The number of pyridine rings is 1. The number of ether oxygens (including phenoxy) is 1. The first-order chi connectivity index (χ1) is 16.4. The SMILES string of the molecule is CCc1ccc2[nH]c(=O)c(CN(Cc3ccc(F)cc3)C(=S)Nc3ccc(OC)cc3)cc2c1. The number of benzene rings is 3. The number of nitrogens with zero attached hydrogens (tertiary/aromatic N) is 1. The molecule has 1 heterocycles. The Balaban J connectivity index is 1.64. The Morgan fingerprint density at radius 1 is 1.00 bits per heavy atom. The number of fused-ring (bicyclic) bond motifs is 1. The van der Waals surface area contributed by atoms with Gasteiger partial charge in [-0.15, -0.1) is 0 Å². The van der Waals surface area contributed by atoms with Gasteiger partial charge in [0, 0.05) is 23.3 Å². The topological polar surface area (TPSA) is 57.4 Å². The van der Waals surface area contributed by atoms with Crippen LogP contribution < -0.4 is 15.6 Å². The summed E-state index contributed by atoms with van der Waals surface area (Å²) in [5, 5.41) is 4.67. The van der Waals surface area contributed by atoms with Crippen molar-refractivity contribution >= 4 is 33.9 Å². The fourth-order valence-corrected chi connectivity index (χ4v) is 3.98. The Morgan fingerprint density at radius 3 is 2.38 bits per heavy atom. The van der Waals surface area contributed by atoms with E-state index in [0.29, 0.717) is 23.8 Å². The first-order valence-corrected chi connectivity index (χ1v) is 11.4. The molecule has 0 amide bonds. The summed E-state index contributed by atoms with van der Waals surface area (Å²) in [5.41, 5.74) is 4.12. The van der Waals surface area contributed by atoms with E-state index in [-0.39, 0.29) is 11.4 Å². The molecule has 0 unspecified atom stereocenters. The minimum atomic E-state index is -0.299. The van der Waals surface area contributed by atoms with Crippen LogP contribution >= 0.6 is 12.2 Å². The summed E-state index contributed by atoms with van der Waals surface area (Å²) in [6.07, 6.45) is 0.914. The number of H-pyrrole nitrogens is 1. The zero-order chi connectivity index (χ0) is 24.1. The molecular weight excluding hydrogens is 449 g/mol. The van der Waals surface area contributed by atoms with Crippen LogP contribution in [0.15, 0.2) is 77.6 Å². The van der Waals surface area contributed by atoms with Crippen LogP contribution in [0, 0.1) is 5.82 Å². The predicted octanol–water partition coefficient (Wildman–Crippen LogP) is 5.64. The molecule has 5 nitrogen and oxygen atoms in total. The Labute approximate surface area is 203 Å². The molecule has 3 aromatic carbocycles. The van der Waals surface area contributed by atoms with Crippen LogP contribution in [0.2, 0.25) is 0 Å². The third kappa shape index (κ3) is 5.61. The third-order valence-electron chi connectivity index (χ3n) is 5.67. The minimum Gasteiger partial charge on any atom is -0.497 e. The second kappa shape index (κ2) is 10.5. The van der Waals surface area contributed by atoms with E-state index in [2.05, 4.69) is 23.3 Å². The molecule has 34 heavy (non-hydrogen) atoms. The van der Waals surface area contributed by atoms with Crippen molar-refractivity contribution in [1.29, 1.82) is 0 Å². The number of anilines is 1. The summed E-state index contributed by atoms with van der Waals surface area (Å²) in [5.74, 6) is 0.445. The van der Waals surface area contributed by atoms with Crippen LogP contribution in [0.25, 0.3) is 10.9 Å². The molecule has 0 aliphatic heterocycles. The molecule has 2 N–H and O–H groups in total. The van der Waals surface area contributed by atoms with Crippen molar-refractivity contribution in [2.24, 2.45) is 0 Å². The zero-order valence-electron chi connectivity index (χ0n) is 19.1. The lowest BCUT2D eigenvalue weighted by molar-refractivity contribution is 0.410. The van der Waals surface area contributed by atoms with Gasteiger partial charge < -0.3 is 19.9 Å². The Morgan fingerprint density at radius 2 is 1.71 bits per heavy atom. The molecule has 0 fully saturated rings. The maximum absolute atomic E-state index is 13.4. The number of aromatic nitrogens is 1. The van der Waals surface area contributed by atoms with Crippen LogP contribution in [0.1, 0.15) is 23.6 Å². The maximum atomic E-state index is 13.4. The van der Waals surface area contributed by atoms with E-state index in [1.165, 1.54) is 17.7 Å². The highest BCUT2D eigenvalue weighted by Gasteiger charge is 2.15. The van der Waals surface area contributed by atoms with Crippen molar-refractivity contribution in [3.05, 3.63) is 106 Å². The number of aryl methyl sites for hydroxylation is 1. The summed E-state index contributed by atoms with van der Waals surface area (Å²) in [7, 11) is 1.61. The van der Waals surface area contributed by atoms with Crippen molar-refractivity contribution in [3.63, 3.8) is 0 Å². The molecule has 0 bridgehead atoms. The van der Waals surface area contributed by atoms with Gasteiger partial charge in [-0.25, -0.2) is 4.39 Å². The number of methoxy groups -OCH3 is 1. The Kier molecular flexibility index (Phi) is 7.23. The predicted molar refractivity (Wildman–Crippen MR) is 139 cm³/mol. The Hall–Kier alpha value is -3.71. The van der Waals surface area contributed by atoms with Crippen LogP contribution in [0.3, 0.4) is 0 Å². The summed E-state index contributed by atoms with van der Waals surface area (Å²) in [6, 6.07) is 21.7. The maximum Gasteiger partial charge on any atom is 0.253 e. The van der Waals surface area contributed by atoms with Gasteiger partial charge in [-0.05, 0) is 89.7 Å². The number of hydrogen-bond acceptors (Lipinski definition) is 3. The molecule has 4 rings (SSSR count). The number of aromatic amines is 1. The van der Waals surface area contributed by atoms with E-state index >= 15 is 0 Å². The summed E-state index contributed by atoms with van der Waals surface area (Å²) in [4.78, 5) is 17.7. The van der Waals surface area contributed by atoms with Gasteiger partial charge in [0.2, 0.25) is 0 Å². The monoisotopic (exact) mass is 475 g/mol. The first-order valence-electron chi connectivity index (χ1n) is 11.0. The van der Waals surface area contributed by atoms with Crippen LogP contribution in [-0.4, -0.2) is 22.1 Å². The molecule has 0 spiro atoms. The van der Waals surface area contributed by atoms with Gasteiger partial charge in [-0.1, -0.05) is 25.1 Å². The van der Waals surface area contributed by atoms with Gasteiger partial charge >= 0.3 is 0 Å². The lowest BCUT2D eigenvalue weighted by Gasteiger charge is -2.26. The van der Waals surface area contributed by atoms with Gasteiger partial charge in [0.1, 0.15) is 11.6 Å². The molecular formula is C27H26FN3O2S. The highest BCUT2D eigenvalue weighted by molar-refractivity contribution is 7.80.